The van der Waals surface area contributed by atoms with Crippen LogP contribution in [0.1, 0.15) is 44.7 Å². The van der Waals surface area contributed by atoms with E-state index in [9.17, 15) is 0 Å². The average molecular weight is 453 g/mol. The van der Waals surface area contributed by atoms with Gasteiger partial charge in [0.1, 0.15) is 18.0 Å². The van der Waals surface area contributed by atoms with Gasteiger partial charge in [-0.2, -0.15) is 0 Å². The first-order valence-electron chi connectivity index (χ1n) is 11.4. The van der Waals surface area contributed by atoms with Gasteiger partial charge in [-0.1, -0.05) is 56.0 Å². The summed E-state index contributed by atoms with van der Waals surface area (Å²) < 4.78 is 29.7. The number of rotatable bonds is 9. The second kappa shape index (κ2) is 11.2. The summed E-state index contributed by atoms with van der Waals surface area (Å²) >= 11 is 0. The van der Waals surface area contributed by atoms with Crippen LogP contribution < -0.4 is 4.74 Å². The Balaban J connectivity index is 1.69. The third kappa shape index (κ3) is 7.06. The van der Waals surface area contributed by atoms with Crippen molar-refractivity contribution < 1.29 is 23.7 Å². The maximum Gasteiger partial charge on any atom is 0.165 e. The van der Waals surface area contributed by atoms with E-state index in [0.717, 1.165) is 16.9 Å². The van der Waals surface area contributed by atoms with Gasteiger partial charge in [-0.25, -0.2) is 0 Å². The lowest BCUT2D eigenvalue weighted by Crippen LogP contribution is -2.47. The zero-order valence-corrected chi connectivity index (χ0v) is 20.5. The van der Waals surface area contributed by atoms with E-state index in [1.165, 1.54) is 0 Å². The molecule has 1 fully saturated rings. The first kappa shape index (κ1) is 25.3. The van der Waals surface area contributed by atoms with Gasteiger partial charge in [0, 0.05) is 31.6 Å². The van der Waals surface area contributed by atoms with E-state index in [-0.39, 0.29) is 5.41 Å². The van der Waals surface area contributed by atoms with Gasteiger partial charge in [-0.05, 0) is 43.2 Å². The van der Waals surface area contributed by atoms with Crippen molar-refractivity contribution in [3.63, 3.8) is 0 Å². The number of hydrogen-bond acceptors (Lipinski definition) is 5. The number of ether oxygens (including phenoxy) is 5. The van der Waals surface area contributed by atoms with Crippen LogP contribution in [-0.4, -0.2) is 46.4 Å². The fourth-order valence-corrected chi connectivity index (χ4v) is 3.81. The molecule has 1 saturated heterocycles. The summed E-state index contributed by atoms with van der Waals surface area (Å²) in [5.41, 5.74) is 1.34. The summed E-state index contributed by atoms with van der Waals surface area (Å²) in [6.07, 6.45) is 1.35. The van der Waals surface area contributed by atoms with Crippen molar-refractivity contribution in [2.75, 3.05) is 40.6 Å². The zero-order valence-electron chi connectivity index (χ0n) is 20.5. The van der Waals surface area contributed by atoms with Crippen molar-refractivity contribution in [2.45, 2.75) is 45.0 Å². The molecular weight excluding hydrogens is 416 g/mol. The first-order chi connectivity index (χ1) is 15.8. The van der Waals surface area contributed by atoms with Gasteiger partial charge in [-0.3, -0.25) is 0 Å². The van der Waals surface area contributed by atoms with Crippen molar-refractivity contribution >= 4 is 0 Å². The Morgan fingerprint density at radius 2 is 1.70 bits per heavy atom. The van der Waals surface area contributed by atoms with Crippen molar-refractivity contribution in [3.8, 4) is 17.6 Å². The third-order valence-corrected chi connectivity index (χ3v) is 5.97. The standard InChI is InChI=1S/C28H36O5/c1-26(2)20-32-27(3,33-21-26)16-17-28(30-5,22-29-4)24-14-9-15-25(19-24)31-18-10-13-23-11-7-6-8-12-23/h6-9,11-12,14-15,19H,16-18,20-22H2,1-5H3. The van der Waals surface area contributed by atoms with Gasteiger partial charge < -0.3 is 23.7 Å². The summed E-state index contributed by atoms with van der Waals surface area (Å²) in [7, 11) is 3.40. The Morgan fingerprint density at radius 3 is 2.36 bits per heavy atom. The van der Waals surface area contributed by atoms with Gasteiger partial charge in [0.05, 0.1) is 19.8 Å². The molecule has 1 unspecified atom stereocenters. The molecule has 0 aliphatic carbocycles. The quantitative estimate of drug-likeness (QED) is 0.491. The van der Waals surface area contributed by atoms with Crippen LogP contribution in [0.15, 0.2) is 54.6 Å². The minimum atomic E-state index is -0.646. The maximum absolute atomic E-state index is 6.10. The topological polar surface area (TPSA) is 46.2 Å². The fraction of sp³-hybridized carbons (Fsp3) is 0.500. The lowest BCUT2D eigenvalue weighted by atomic mass is 9.87. The van der Waals surface area contributed by atoms with E-state index in [1.807, 2.05) is 61.5 Å². The maximum atomic E-state index is 6.10. The van der Waals surface area contributed by atoms with Crippen LogP contribution in [0.3, 0.4) is 0 Å². The molecule has 0 aromatic heterocycles. The Hall–Kier alpha value is -2.36. The van der Waals surface area contributed by atoms with E-state index in [2.05, 4.69) is 25.7 Å². The number of methoxy groups -OCH3 is 2. The zero-order chi connectivity index (χ0) is 23.8. The van der Waals surface area contributed by atoms with Crippen LogP contribution in [0, 0.1) is 17.3 Å². The summed E-state index contributed by atoms with van der Waals surface area (Å²) in [4.78, 5) is 0. The van der Waals surface area contributed by atoms with Gasteiger partial charge >= 0.3 is 0 Å². The average Bonchev–Trinajstić information content (AvgIpc) is 2.83. The number of hydrogen-bond donors (Lipinski definition) is 0. The predicted molar refractivity (Wildman–Crippen MR) is 129 cm³/mol. The van der Waals surface area contributed by atoms with E-state index in [0.29, 0.717) is 39.3 Å². The molecule has 2 aromatic rings. The summed E-state index contributed by atoms with van der Waals surface area (Å²) in [5, 5.41) is 0. The van der Waals surface area contributed by atoms with E-state index in [1.54, 1.807) is 14.2 Å². The second-order valence-corrected chi connectivity index (χ2v) is 9.49. The molecule has 178 valence electrons. The number of benzene rings is 2. The Kier molecular flexibility index (Phi) is 8.56. The van der Waals surface area contributed by atoms with Crippen LogP contribution in [0.2, 0.25) is 0 Å². The molecule has 0 spiro atoms. The highest BCUT2D eigenvalue weighted by molar-refractivity contribution is 5.35. The molecule has 5 heteroatoms. The van der Waals surface area contributed by atoms with Crippen LogP contribution in [0.5, 0.6) is 5.75 Å². The molecule has 1 heterocycles. The molecule has 1 aliphatic heterocycles. The van der Waals surface area contributed by atoms with Gasteiger partial charge in [-0.15, -0.1) is 0 Å². The van der Waals surface area contributed by atoms with E-state index in [4.69, 9.17) is 23.7 Å². The Bertz CT molecular complexity index is 934. The molecule has 5 nitrogen and oxygen atoms in total. The molecule has 0 amide bonds. The minimum Gasteiger partial charge on any atom is -0.481 e. The van der Waals surface area contributed by atoms with E-state index >= 15 is 0 Å². The molecule has 3 rings (SSSR count). The van der Waals surface area contributed by atoms with Crippen LogP contribution in [0.25, 0.3) is 0 Å². The Morgan fingerprint density at radius 1 is 0.970 bits per heavy atom. The SMILES string of the molecule is COCC(CCC1(C)OCC(C)(C)CO1)(OC)c1cccc(OCC#Cc2ccccc2)c1. The highest BCUT2D eigenvalue weighted by atomic mass is 16.7. The predicted octanol–water partition coefficient (Wildman–Crippen LogP) is 5.17. The molecule has 2 aromatic carbocycles. The fourth-order valence-electron chi connectivity index (χ4n) is 3.81. The molecule has 0 bridgehead atoms. The van der Waals surface area contributed by atoms with Crippen LogP contribution in [-0.2, 0) is 24.5 Å². The largest absolute Gasteiger partial charge is 0.481 e. The second-order valence-electron chi connectivity index (χ2n) is 9.49. The molecule has 33 heavy (non-hydrogen) atoms. The highest BCUT2D eigenvalue weighted by Crippen LogP contribution is 2.38. The Labute approximate surface area is 198 Å². The first-order valence-corrected chi connectivity index (χ1v) is 11.4. The molecule has 1 atom stereocenters. The van der Waals surface area contributed by atoms with Crippen molar-refractivity contribution in [1.29, 1.82) is 0 Å². The molecule has 1 aliphatic rings. The summed E-state index contributed by atoms with van der Waals surface area (Å²) in [6.45, 7) is 8.34. The van der Waals surface area contributed by atoms with Crippen molar-refractivity contribution in [1.82, 2.24) is 0 Å². The summed E-state index contributed by atoms with van der Waals surface area (Å²) in [6, 6.07) is 17.8. The summed E-state index contributed by atoms with van der Waals surface area (Å²) in [5.74, 6) is 6.27. The van der Waals surface area contributed by atoms with Gasteiger partial charge in [0.15, 0.2) is 5.79 Å². The van der Waals surface area contributed by atoms with E-state index < -0.39 is 11.4 Å². The third-order valence-electron chi connectivity index (χ3n) is 5.97. The van der Waals surface area contributed by atoms with Crippen LogP contribution >= 0.6 is 0 Å². The lowest BCUT2D eigenvalue weighted by Gasteiger charge is -2.43. The van der Waals surface area contributed by atoms with Gasteiger partial charge in [0.2, 0.25) is 0 Å². The normalized spacial score (nSPS) is 18.6. The lowest BCUT2D eigenvalue weighted by molar-refractivity contribution is -0.296. The smallest absolute Gasteiger partial charge is 0.165 e. The highest BCUT2D eigenvalue weighted by Gasteiger charge is 2.41. The van der Waals surface area contributed by atoms with Crippen molar-refractivity contribution in [2.24, 2.45) is 5.41 Å². The van der Waals surface area contributed by atoms with Gasteiger partial charge in [0.25, 0.3) is 0 Å². The van der Waals surface area contributed by atoms with Crippen molar-refractivity contribution in [3.05, 3.63) is 65.7 Å². The minimum absolute atomic E-state index is 0.0272. The monoisotopic (exact) mass is 452 g/mol. The molecule has 0 N–H and O–H groups in total. The van der Waals surface area contributed by atoms with Crippen LogP contribution in [0.4, 0.5) is 0 Å². The molecule has 0 radical (unpaired) electrons. The molecular formula is C28H36O5. The molecule has 0 saturated carbocycles.